The van der Waals surface area contributed by atoms with Crippen LogP contribution < -0.4 is 0 Å². The van der Waals surface area contributed by atoms with Crippen molar-refractivity contribution in [3.8, 4) is 0 Å². The van der Waals surface area contributed by atoms with Gasteiger partial charge in [0.15, 0.2) is 0 Å². The first-order chi connectivity index (χ1) is 6.88. The quantitative estimate of drug-likeness (QED) is 0.423. The van der Waals surface area contributed by atoms with E-state index in [-0.39, 0.29) is 21.7 Å². The normalized spacial score (nSPS) is 16.7. The molecule has 84 valence electrons. The van der Waals surface area contributed by atoms with E-state index in [4.69, 9.17) is 4.74 Å². The summed E-state index contributed by atoms with van der Waals surface area (Å²) < 4.78 is 4.69. The van der Waals surface area contributed by atoms with Crippen LogP contribution in [0.15, 0.2) is 12.3 Å². The fraction of sp³-hybridized carbons (Fsp3) is 0.636. The van der Waals surface area contributed by atoms with E-state index in [9.17, 15) is 9.59 Å². The molecule has 15 heavy (non-hydrogen) atoms. The molecule has 0 radical (unpaired) electrons. The summed E-state index contributed by atoms with van der Waals surface area (Å²) in [6.45, 7) is 5.87. The maximum atomic E-state index is 11.3. The first-order valence-electron chi connectivity index (χ1n) is 4.98. The van der Waals surface area contributed by atoms with E-state index < -0.39 is 0 Å². The average molecular weight is 228 g/mol. The van der Waals surface area contributed by atoms with Gasteiger partial charge in [0.2, 0.25) is 5.12 Å². The van der Waals surface area contributed by atoms with Crippen molar-refractivity contribution < 1.29 is 14.3 Å². The zero-order valence-electron chi connectivity index (χ0n) is 9.28. The maximum Gasteiger partial charge on any atom is 0.313 e. The number of thioether (sulfide) groups is 1. The standard InChI is InChI=1S/C11H16O3S/c1-11(2,3)15-9(12)6-7-14-10(13)8-4-5-8/h6-8H,4-5H2,1-3H3. The summed E-state index contributed by atoms with van der Waals surface area (Å²) in [5, 5.41) is -0.0916. The lowest BCUT2D eigenvalue weighted by atomic mass is 10.3. The number of carbonyl (C=O) groups excluding carboxylic acids is 2. The minimum atomic E-state index is -0.222. The lowest BCUT2D eigenvalue weighted by molar-refractivity contribution is -0.139. The molecule has 0 aliphatic heterocycles. The Labute approximate surface area is 94.3 Å². The molecule has 1 fully saturated rings. The third-order valence-corrected chi connectivity index (χ3v) is 2.66. The SMILES string of the molecule is CC(C)(C)SC(=O)C=COC(=O)C1CC1. The van der Waals surface area contributed by atoms with Gasteiger partial charge >= 0.3 is 5.97 Å². The zero-order chi connectivity index (χ0) is 11.5. The predicted molar refractivity (Wildman–Crippen MR) is 60.3 cm³/mol. The largest absolute Gasteiger partial charge is 0.434 e. The Bertz CT molecular complexity index is 285. The fourth-order valence-corrected chi connectivity index (χ4v) is 1.63. The zero-order valence-corrected chi connectivity index (χ0v) is 10.1. The molecule has 0 atom stereocenters. The molecule has 0 saturated heterocycles. The summed E-state index contributed by atoms with van der Waals surface area (Å²) in [5.74, 6) is -0.153. The van der Waals surface area contributed by atoms with Crippen molar-refractivity contribution in [2.75, 3.05) is 0 Å². The second-order valence-electron chi connectivity index (χ2n) is 4.55. The van der Waals surface area contributed by atoms with E-state index in [2.05, 4.69) is 0 Å². The van der Waals surface area contributed by atoms with Crippen LogP contribution in [0.1, 0.15) is 33.6 Å². The molecule has 0 aromatic carbocycles. The maximum absolute atomic E-state index is 11.3. The van der Waals surface area contributed by atoms with E-state index in [0.717, 1.165) is 12.8 Å². The van der Waals surface area contributed by atoms with Gasteiger partial charge in [-0.3, -0.25) is 9.59 Å². The van der Waals surface area contributed by atoms with E-state index in [1.54, 1.807) is 0 Å². The molecular formula is C11H16O3S. The van der Waals surface area contributed by atoms with Crippen molar-refractivity contribution in [1.29, 1.82) is 0 Å². The van der Waals surface area contributed by atoms with Gasteiger partial charge in [0.1, 0.15) is 0 Å². The Morgan fingerprint density at radius 2 is 1.93 bits per heavy atom. The molecule has 0 N–H and O–H groups in total. The van der Waals surface area contributed by atoms with E-state index >= 15 is 0 Å². The molecule has 1 aliphatic carbocycles. The summed E-state index contributed by atoms with van der Waals surface area (Å²) >= 11 is 1.22. The van der Waals surface area contributed by atoms with Gasteiger partial charge in [-0.05, 0) is 12.8 Å². The second kappa shape index (κ2) is 4.84. The fourth-order valence-electron chi connectivity index (χ4n) is 0.908. The minimum absolute atomic E-state index is 0.0695. The molecule has 0 aromatic heterocycles. The average Bonchev–Trinajstić information content (AvgIpc) is 2.81. The molecule has 1 aliphatic rings. The number of hydrogen-bond donors (Lipinski definition) is 0. The van der Waals surface area contributed by atoms with Crippen LogP contribution in [-0.4, -0.2) is 15.8 Å². The molecule has 1 rings (SSSR count). The van der Waals surface area contributed by atoms with E-state index in [1.807, 2.05) is 20.8 Å². The van der Waals surface area contributed by atoms with Crippen LogP contribution in [-0.2, 0) is 14.3 Å². The molecular weight excluding hydrogens is 212 g/mol. The van der Waals surface area contributed by atoms with Crippen LogP contribution in [0, 0.1) is 5.92 Å². The van der Waals surface area contributed by atoms with Crippen LogP contribution >= 0.6 is 11.8 Å². The highest BCUT2D eigenvalue weighted by Crippen LogP contribution is 2.30. The Kier molecular flexibility index (Phi) is 3.97. The van der Waals surface area contributed by atoms with Gasteiger partial charge < -0.3 is 4.74 Å². The number of rotatable bonds is 3. The van der Waals surface area contributed by atoms with Crippen LogP contribution in [0.5, 0.6) is 0 Å². The molecule has 0 spiro atoms. The lowest BCUT2D eigenvalue weighted by Crippen LogP contribution is -2.10. The molecule has 0 bridgehead atoms. The highest BCUT2D eigenvalue weighted by atomic mass is 32.2. The Balaban J connectivity index is 2.24. The van der Waals surface area contributed by atoms with Crippen LogP contribution in [0.4, 0.5) is 0 Å². The van der Waals surface area contributed by atoms with Crippen LogP contribution in [0.25, 0.3) is 0 Å². The topological polar surface area (TPSA) is 43.4 Å². The summed E-state index contributed by atoms with van der Waals surface area (Å²) in [5.41, 5.74) is 0. The van der Waals surface area contributed by atoms with Crippen molar-refractivity contribution in [3.05, 3.63) is 12.3 Å². The Hall–Kier alpha value is -0.770. The smallest absolute Gasteiger partial charge is 0.313 e. The van der Waals surface area contributed by atoms with E-state index in [1.165, 1.54) is 24.1 Å². The third kappa shape index (κ3) is 5.62. The number of hydrogen-bond acceptors (Lipinski definition) is 4. The first kappa shape index (κ1) is 12.3. The van der Waals surface area contributed by atoms with Gasteiger partial charge in [-0.1, -0.05) is 32.5 Å². The highest BCUT2D eigenvalue weighted by molar-refractivity contribution is 8.15. The lowest BCUT2D eigenvalue weighted by Gasteiger charge is -2.14. The molecule has 0 heterocycles. The Morgan fingerprint density at radius 3 is 2.40 bits per heavy atom. The van der Waals surface area contributed by atoms with Gasteiger partial charge in [0, 0.05) is 10.8 Å². The summed E-state index contributed by atoms with van der Waals surface area (Å²) in [6.07, 6.45) is 4.33. The summed E-state index contributed by atoms with van der Waals surface area (Å²) in [4.78, 5) is 22.4. The summed E-state index contributed by atoms with van der Waals surface area (Å²) in [6, 6.07) is 0. The van der Waals surface area contributed by atoms with Gasteiger partial charge in [0.25, 0.3) is 0 Å². The molecule has 0 aromatic rings. The van der Waals surface area contributed by atoms with Crippen molar-refractivity contribution in [1.82, 2.24) is 0 Å². The van der Waals surface area contributed by atoms with Crippen molar-refractivity contribution in [2.45, 2.75) is 38.4 Å². The van der Waals surface area contributed by atoms with Crippen molar-refractivity contribution in [3.63, 3.8) is 0 Å². The molecule has 3 nitrogen and oxygen atoms in total. The minimum Gasteiger partial charge on any atom is -0.434 e. The van der Waals surface area contributed by atoms with Gasteiger partial charge in [-0.25, -0.2) is 0 Å². The molecule has 0 amide bonds. The second-order valence-corrected chi connectivity index (χ2v) is 6.38. The van der Waals surface area contributed by atoms with E-state index in [0.29, 0.717) is 0 Å². The molecule has 0 unspecified atom stereocenters. The van der Waals surface area contributed by atoms with Gasteiger partial charge in [-0.15, -0.1) is 0 Å². The van der Waals surface area contributed by atoms with Crippen LogP contribution in [0.2, 0.25) is 0 Å². The van der Waals surface area contributed by atoms with Crippen LogP contribution in [0.3, 0.4) is 0 Å². The first-order valence-corrected chi connectivity index (χ1v) is 5.80. The van der Waals surface area contributed by atoms with Crippen molar-refractivity contribution >= 4 is 22.8 Å². The van der Waals surface area contributed by atoms with Gasteiger partial charge in [-0.2, -0.15) is 0 Å². The Morgan fingerprint density at radius 1 is 1.33 bits per heavy atom. The molecule has 4 heteroatoms. The van der Waals surface area contributed by atoms with Crippen molar-refractivity contribution in [2.24, 2.45) is 5.92 Å². The number of carbonyl (C=O) groups is 2. The predicted octanol–water partition coefficient (Wildman–Crippen LogP) is 2.51. The monoisotopic (exact) mass is 228 g/mol. The number of ether oxygens (including phenoxy) is 1. The summed E-state index contributed by atoms with van der Waals surface area (Å²) in [7, 11) is 0. The highest BCUT2D eigenvalue weighted by Gasteiger charge is 2.30. The van der Waals surface area contributed by atoms with Gasteiger partial charge in [0.05, 0.1) is 12.2 Å². The third-order valence-electron chi connectivity index (χ3n) is 1.71. The number of esters is 1. The molecule has 1 saturated carbocycles.